The van der Waals surface area contributed by atoms with Gasteiger partial charge in [-0.25, -0.2) is 0 Å². The highest BCUT2D eigenvalue weighted by Gasteiger charge is 2.10. The van der Waals surface area contributed by atoms with Gasteiger partial charge in [0.2, 0.25) is 0 Å². The zero-order valence-corrected chi connectivity index (χ0v) is 10.5. The van der Waals surface area contributed by atoms with E-state index in [2.05, 4.69) is 10.1 Å². The van der Waals surface area contributed by atoms with E-state index in [4.69, 9.17) is 4.74 Å². The van der Waals surface area contributed by atoms with Crippen molar-refractivity contribution in [2.75, 3.05) is 20.8 Å². The molecule has 0 aliphatic rings. The van der Waals surface area contributed by atoms with Gasteiger partial charge in [0.05, 0.1) is 14.2 Å². The number of hydrogen-bond acceptors (Lipinski definition) is 4. The number of benzene rings is 1. The van der Waals surface area contributed by atoms with Crippen LogP contribution in [0.1, 0.15) is 12.5 Å². The zero-order valence-electron chi connectivity index (χ0n) is 10.5. The molecule has 4 heteroatoms. The molecule has 0 spiro atoms. The summed E-state index contributed by atoms with van der Waals surface area (Å²) in [5.74, 6) is 0.615. The summed E-state index contributed by atoms with van der Waals surface area (Å²) in [6.07, 6.45) is 0.866. The molecule has 1 unspecified atom stereocenters. The lowest BCUT2D eigenvalue weighted by molar-refractivity contribution is -0.142. The van der Waals surface area contributed by atoms with Crippen molar-refractivity contribution < 1.29 is 14.3 Å². The monoisotopic (exact) mass is 237 g/mol. The first kappa shape index (κ1) is 13.5. The van der Waals surface area contributed by atoms with Crippen LogP contribution >= 0.6 is 0 Å². The Morgan fingerprint density at radius 3 is 2.47 bits per heavy atom. The first-order valence-electron chi connectivity index (χ1n) is 5.61. The van der Waals surface area contributed by atoms with E-state index >= 15 is 0 Å². The van der Waals surface area contributed by atoms with E-state index in [1.165, 1.54) is 12.7 Å². The van der Waals surface area contributed by atoms with E-state index in [0.29, 0.717) is 0 Å². The molecule has 94 valence electrons. The Morgan fingerprint density at radius 2 is 1.94 bits per heavy atom. The summed E-state index contributed by atoms with van der Waals surface area (Å²) in [6, 6.07) is 7.63. The van der Waals surface area contributed by atoms with Gasteiger partial charge in [0.1, 0.15) is 11.8 Å². The molecule has 1 aromatic carbocycles. The molecule has 0 aliphatic carbocycles. The molecule has 1 rings (SSSR count). The van der Waals surface area contributed by atoms with Gasteiger partial charge in [-0.1, -0.05) is 12.1 Å². The molecule has 1 atom stereocenters. The van der Waals surface area contributed by atoms with E-state index in [1.54, 1.807) is 14.0 Å². The summed E-state index contributed by atoms with van der Waals surface area (Å²) in [6.45, 7) is 2.53. The van der Waals surface area contributed by atoms with Crippen molar-refractivity contribution in [3.05, 3.63) is 29.8 Å². The van der Waals surface area contributed by atoms with Gasteiger partial charge in [0, 0.05) is 0 Å². The highest BCUT2D eigenvalue weighted by Crippen LogP contribution is 2.11. The predicted octanol–water partition coefficient (Wildman–Crippen LogP) is 1.39. The molecular weight excluding hydrogens is 218 g/mol. The molecule has 0 fully saturated rings. The van der Waals surface area contributed by atoms with Crippen molar-refractivity contribution in [3.8, 4) is 5.75 Å². The van der Waals surface area contributed by atoms with Crippen LogP contribution in [0.3, 0.4) is 0 Å². The summed E-state index contributed by atoms with van der Waals surface area (Å²) in [5, 5.41) is 3.10. The standard InChI is InChI=1S/C13H19NO3/c1-10(13(15)17-3)14-9-8-11-4-6-12(16-2)7-5-11/h4-7,10,14H,8-9H2,1-3H3. The summed E-state index contributed by atoms with van der Waals surface area (Å²) < 4.78 is 9.71. The fourth-order valence-corrected chi connectivity index (χ4v) is 1.49. The maximum Gasteiger partial charge on any atom is 0.322 e. The van der Waals surface area contributed by atoms with Crippen LogP contribution in [0.25, 0.3) is 0 Å². The lowest BCUT2D eigenvalue weighted by Gasteiger charge is -2.11. The molecule has 0 radical (unpaired) electrons. The van der Waals surface area contributed by atoms with Crippen LogP contribution in [-0.4, -0.2) is 32.8 Å². The Hall–Kier alpha value is -1.55. The highest BCUT2D eigenvalue weighted by atomic mass is 16.5. The van der Waals surface area contributed by atoms with Crippen LogP contribution in [0.5, 0.6) is 5.75 Å². The van der Waals surface area contributed by atoms with Crippen LogP contribution in [0.2, 0.25) is 0 Å². The highest BCUT2D eigenvalue weighted by molar-refractivity contribution is 5.75. The normalized spacial score (nSPS) is 11.9. The Bertz CT molecular complexity index is 348. The SMILES string of the molecule is COC(=O)C(C)NCCc1ccc(OC)cc1. The third-order valence-corrected chi connectivity index (χ3v) is 2.58. The number of rotatable bonds is 6. The molecule has 0 heterocycles. The number of nitrogens with one attached hydrogen (secondary N) is 1. The molecular formula is C13H19NO3. The second-order valence-corrected chi connectivity index (χ2v) is 3.80. The Balaban J connectivity index is 2.33. The second-order valence-electron chi connectivity index (χ2n) is 3.80. The third kappa shape index (κ3) is 4.44. The predicted molar refractivity (Wildman–Crippen MR) is 66.2 cm³/mol. The maximum absolute atomic E-state index is 11.1. The van der Waals surface area contributed by atoms with Crippen LogP contribution in [0.15, 0.2) is 24.3 Å². The molecule has 1 N–H and O–H groups in total. The average Bonchev–Trinajstić information content (AvgIpc) is 2.38. The Kier molecular flexibility index (Phi) is 5.49. The smallest absolute Gasteiger partial charge is 0.322 e. The molecule has 0 bridgehead atoms. The maximum atomic E-state index is 11.1. The number of methoxy groups -OCH3 is 2. The number of carbonyl (C=O) groups excluding carboxylic acids is 1. The fraction of sp³-hybridized carbons (Fsp3) is 0.462. The minimum atomic E-state index is -0.266. The molecule has 0 aliphatic heterocycles. The van der Waals surface area contributed by atoms with Crippen molar-refractivity contribution in [2.24, 2.45) is 0 Å². The van der Waals surface area contributed by atoms with Crippen molar-refractivity contribution in [1.82, 2.24) is 5.32 Å². The first-order valence-corrected chi connectivity index (χ1v) is 5.61. The van der Waals surface area contributed by atoms with E-state index in [-0.39, 0.29) is 12.0 Å². The van der Waals surface area contributed by atoms with Gasteiger partial charge in [-0.2, -0.15) is 0 Å². The van der Waals surface area contributed by atoms with E-state index in [0.717, 1.165) is 18.7 Å². The number of ether oxygens (including phenoxy) is 2. The lowest BCUT2D eigenvalue weighted by Crippen LogP contribution is -2.36. The summed E-state index contributed by atoms with van der Waals surface area (Å²) >= 11 is 0. The van der Waals surface area contributed by atoms with Gasteiger partial charge in [-0.3, -0.25) is 4.79 Å². The molecule has 0 saturated carbocycles. The van der Waals surface area contributed by atoms with Crippen LogP contribution < -0.4 is 10.1 Å². The molecule has 1 aromatic rings. The van der Waals surface area contributed by atoms with Crippen molar-refractivity contribution in [2.45, 2.75) is 19.4 Å². The summed E-state index contributed by atoms with van der Waals surface area (Å²) in [5.41, 5.74) is 1.20. The lowest BCUT2D eigenvalue weighted by atomic mass is 10.1. The quantitative estimate of drug-likeness (QED) is 0.759. The van der Waals surface area contributed by atoms with E-state index < -0.39 is 0 Å². The fourth-order valence-electron chi connectivity index (χ4n) is 1.49. The largest absolute Gasteiger partial charge is 0.497 e. The van der Waals surface area contributed by atoms with Gasteiger partial charge in [0.15, 0.2) is 0 Å². The second kappa shape index (κ2) is 6.91. The average molecular weight is 237 g/mol. The molecule has 0 saturated heterocycles. The van der Waals surface area contributed by atoms with Crippen LogP contribution in [0, 0.1) is 0 Å². The van der Waals surface area contributed by atoms with Crippen molar-refractivity contribution in [1.29, 1.82) is 0 Å². The summed E-state index contributed by atoms with van der Waals surface area (Å²) in [4.78, 5) is 11.1. The zero-order chi connectivity index (χ0) is 12.7. The summed E-state index contributed by atoms with van der Waals surface area (Å²) in [7, 11) is 3.04. The van der Waals surface area contributed by atoms with Gasteiger partial charge in [-0.15, -0.1) is 0 Å². The first-order chi connectivity index (χ1) is 8.17. The minimum absolute atomic E-state index is 0.236. The Labute approximate surface area is 102 Å². The van der Waals surface area contributed by atoms with Crippen molar-refractivity contribution in [3.63, 3.8) is 0 Å². The molecule has 17 heavy (non-hydrogen) atoms. The number of esters is 1. The van der Waals surface area contributed by atoms with E-state index in [1.807, 2.05) is 24.3 Å². The van der Waals surface area contributed by atoms with Crippen LogP contribution in [0.4, 0.5) is 0 Å². The minimum Gasteiger partial charge on any atom is -0.497 e. The number of carbonyl (C=O) groups is 1. The molecule has 4 nitrogen and oxygen atoms in total. The van der Waals surface area contributed by atoms with Gasteiger partial charge in [0.25, 0.3) is 0 Å². The van der Waals surface area contributed by atoms with Gasteiger partial charge < -0.3 is 14.8 Å². The van der Waals surface area contributed by atoms with Gasteiger partial charge in [-0.05, 0) is 37.6 Å². The molecule has 0 aromatic heterocycles. The van der Waals surface area contributed by atoms with Crippen molar-refractivity contribution >= 4 is 5.97 Å². The topological polar surface area (TPSA) is 47.6 Å². The third-order valence-electron chi connectivity index (χ3n) is 2.58. The van der Waals surface area contributed by atoms with Gasteiger partial charge >= 0.3 is 5.97 Å². The number of hydrogen-bond donors (Lipinski definition) is 1. The van der Waals surface area contributed by atoms with E-state index in [9.17, 15) is 4.79 Å². The Morgan fingerprint density at radius 1 is 1.29 bits per heavy atom. The molecule has 0 amide bonds. The van der Waals surface area contributed by atoms with Crippen LogP contribution in [-0.2, 0) is 16.0 Å².